The van der Waals surface area contributed by atoms with Crippen LogP contribution in [0.4, 0.5) is 0 Å². The summed E-state index contributed by atoms with van der Waals surface area (Å²) < 4.78 is 1.65. The number of fused-ring (bicyclic) bond motifs is 1. The van der Waals surface area contributed by atoms with Crippen molar-refractivity contribution >= 4 is 51.7 Å². The van der Waals surface area contributed by atoms with Crippen molar-refractivity contribution in [3.8, 4) is 0 Å². The first kappa shape index (κ1) is 13.5. The summed E-state index contributed by atoms with van der Waals surface area (Å²) in [5.74, 6) is 0.0859. The van der Waals surface area contributed by atoms with Gasteiger partial charge in [-0.1, -0.05) is 23.2 Å². The SMILES string of the molecule is CC(Cl)c1nc2cc(Cl)c(Cl)cc2n1CC(N)=O. The normalized spacial score (nSPS) is 12.9. The van der Waals surface area contributed by atoms with E-state index in [0.717, 1.165) is 0 Å². The van der Waals surface area contributed by atoms with E-state index in [0.29, 0.717) is 26.9 Å². The molecule has 1 amide bonds. The van der Waals surface area contributed by atoms with Crippen molar-refractivity contribution in [2.75, 3.05) is 0 Å². The highest BCUT2D eigenvalue weighted by molar-refractivity contribution is 6.42. The summed E-state index contributed by atoms with van der Waals surface area (Å²) in [5, 5.41) is 0.444. The minimum absolute atomic E-state index is 0.000848. The number of alkyl halides is 1. The predicted octanol–water partition coefficient (Wildman–Crippen LogP) is 3.13. The molecule has 7 heteroatoms. The molecule has 0 aliphatic carbocycles. The van der Waals surface area contributed by atoms with Crippen molar-refractivity contribution in [1.29, 1.82) is 0 Å². The van der Waals surface area contributed by atoms with Crippen LogP contribution in [0.2, 0.25) is 10.0 Å². The molecule has 1 heterocycles. The Morgan fingerprint density at radius 2 is 2.06 bits per heavy atom. The number of carbonyl (C=O) groups is 1. The molecule has 1 atom stereocenters. The van der Waals surface area contributed by atoms with Crippen LogP contribution in [0.1, 0.15) is 18.1 Å². The fraction of sp³-hybridized carbons (Fsp3) is 0.273. The van der Waals surface area contributed by atoms with E-state index in [-0.39, 0.29) is 11.9 Å². The minimum atomic E-state index is -0.473. The zero-order chi connectivity index (χ0) is 13.4. The summed E-state index contributed by atoms with van der Waals surface area (Å²) in [4.78, 5) is 15.5. The maximum Gasteiger partial charge on any atom is 0.237 e. The topological polar surface area (TPSA) is 60.9 Å². The van der Waals surface area contributed by atoms with E-state index < -0.39 is 5.91 Å². The van der Waals surface area contributed by atoms with Crippen molar-refractivity contribution in [3.05, 3.63) is 28.0 Å². The number of nitrogens with two attached hydrogens (primary N) is 1. The second kappa shape index (κ2) is 4.96. The van der Waals surface area contributed by atoms with Crippen molar-refractivity contribution in [3.63, 3.8) is 0 Å². The first-order valence-electron chi connectivity index (χ1n) is 5.17. The Hall–Kier alpha value is -0.970. The molecule has 0 radical (unpaired) electrons. The highest BCUT2D eigenvalue weighted by Crippen LogP contribution is 2.30. The molecular formula is C11H10Cl3N3O. The Bertz CT molecular complexity index is 622. The van der Waals surface area contributed by atoms with Crippen molar-refractivity contribution in [2.45, 2.75) is 18.8 Å². The van der Waals surface area contributed by atoms with Gasteiger partial charge in [-0.2, -0.15) is 0 Å². The number of hydrogen-bond donors (Lipinski definition) is 1. The van der Waals surface area contributed by atoms with Crippen LogP contribution >= 0.6 is 34.8 Å². The van der Waals surface area contributed by atoms with E-state index >= 15 is 0 Å². The van der Waals surface area contributed by atoms with Gasteiger partial charge in [0.2, 0.25) is 5.91 Å². The molecule has 0 fully saturated rings. The predicted molar refractivity (Wildman–Crippen MR) is 73.2 cm³/mol. The van der Waals surface area contributed by atoms with Crippen LogP contribution in [0.5, 0.6) is 0 Å². The molecule has 0 aliphatic heterocycles. The molecule has 1 unspecified atom stereocenters. The van der Waals surface area contributed by atoms with Gasteiger partial charge in [0.05, 0.1) is 26.5 Å². The lowest BCUT2D eigenvalue weighted by Crippen LogP contribution is -2.20. The van der Waals surface area contributed by atoms with Crippen LogP contribution in [0.25, 0.3) is 11.0 Å². The standard InChI is InChI=1S/C11H10Cl3N3O/c1-5(12)11-16-8-2-6(13)7(14)3-9(8)17(11)4-10(15)18/h2-3,5H,4H2,1H3,(H2,15,18). The van der Waals surface area contributed by atoms with E-state index in [1.165, 1.54) is 0 Å². The first-order chi connectivity index (χ1) is 8.40. The smallest absolute Gasteiger partial charge is 0.237 e. The second-order valence-electron chi connectivity index (χ2n) is 3.89. The quantitative estimate of drug-likeness (QED) is 0.886. The largest absolute Gasteiger partial charge is 0.368 e. The first-order valence-corrected chi connectivity index (χ1v) is 6.37. The summed E-state index contributed by atoms with van der Waals surface area (Å²) in [7, 11) is 0. The molecule has 1 aromatic carbocycles. The maximum atomic E-state index is 11.1. The van der Waals surface area contributed by atoms with Gasteiger partial charge in [0, 0.05) is 0 Å². The molecule has 1 aromatic heterocycles. The Morgan fingerprint density at radius 1 is 1.44 bits per heavy atom. The molecule has 2 aromatic rings. The van der Waals surface area contributed by atoms with Crippen LogP contribution in [0.3, 0.4) is 0 Å². The molecule has 0 saturated heterocycles. The van der Waals surface area contributed by atoms with Gasteiger partial charge in [0.15, 0.2) is 0 Å². The summed E-state index contributed by atoms with van der Waals surface area (Å²) >= 11 is 17.9. The molecular weight excluding hydrogens is 296 g/mol. The average molecular weight is 307 g/mol. The molecule has 0 aliphatic rings. The van der Waals surface area contributed by atoms with Gasteiger partial charge < -0.3 is 10.3 Å². The zero-order valence-electron chi connectivity index (χ0n) is 9.45. The van der Waals surface area contributed by atoms with Crippen LogP contribution < -0.4 is 5.73 Å². The number of hydrogen-bond acceptors (Lipinski definition) is 2. The third-order valence-electron chi connectivity index (χ3n) is 2.49. The molecule has 0 bridgehead atoms. The number of amides is 1. The molecule has 18 heavy (non-hydrogen) atoms. The third kappa shape index (κ3) is 2.41. The van der Waals surface area contributed by atoms with Gasteiger partial charge in [0.1, 0.15) is 12.4 Å². The van der Waals surface area contributed by atoms with Gasteiger partial charge in [-0.15, -0.1) is 11.6 Å². The molecule has 4 nitrogen and oxygen atoms in total. The number of primary amides is 1. The summed E-state index contributed by atoms with van der Waals surface area (Å²) in [6.45, 7) is 1.77. The Morgan fingerprint density at radius 3 is 2.61 bits per heavy atom. The Balaban J connectivity index is 2.72. The Labute approximate surface area is 119 Å². The molecule has 2 rings (SSSR count). The van der Waals surface area contributed by atoms with Crippen LogP contribution in [-0.2, 0) is 11.3 Å². The number of rotatable bonds is 3. The van der Waals surface area contributed by atoms with Crippen LogP contribution in [-0.4, -0.2) is 15.5 Å². The van der Waals surface area contributed by atoms with Crippen molar-refractivity contribution < 1.29 is 4.79 Å². The maximum absolute atomic E-state index is 11.1. The van der Waals surface area contributed by atoms with E-state index in [1.54, 1.807) is 23.6 Å². The van der Waals surface area contributed by atoms with E-state index in [4.69, 9.17) is 40.5 Å². The lowest BCUT2D eigenvalue weighted by atomic mass is 10.3. The molecule has 0 saturated carbocycles. The fourth-order valence-corrected chi connectivity index (χ4v) is 2.25. The highest BCUT2D eigenvalue weighted by atomic mass is 35.5. The van der Waals surface area contributed by atoms with E-state index in [1.807, 2.05) is 0 Å². The molecule has 0 spiro atoms. The van der Waals surface area contributed by atoms with E-state index in [9.17, 15) is 4.79 Å². The van der Waals surface area contributed by atoms with Gasteiger partial charge in [-0.3, -0.25) is 4.79 Å². The summed E-state index contributed by atoms with van der Waals surface area (Å²) in [6.07, 6.45) is 0. The minimum Gasteiger partial charge on any atom is -0.368 e. The number of nitrogens with zero attached hydrogens (tertiary/aromatic N) is 2. The lowest BCUT2D eigenvalue weighted by Gasteiger charge is -2.08. The Kier molecular flexibility index (Phi) is 3.71. The van der Waals surface area contributed by atoms with Crippen LogP contribution in [0, 0.1) is 0 Å². The van der Waals surface area contributed by atoms with Crippen LogP contribution in [0.15, 0.2) is 12.1 Å². The molecule has 2 N–H and O–H groups in total. The number of halogens is 3. The second-order valence-corrected chi connectivity index (χ2v) is 5.36. The number of carbonyl (C=O) groups excluding carboxylic acids is 1. The number of benzene rings is 1. The highest BCUT2D eigenvalue weighted by Gasteiger charge is 2.17. The zero-order valence-corrected chi connectivity index (χ0v) is 11.7. The van der Waals surface area contributed by atoms with Gasteiger partial charge >= 0.3 is 0 Å². The summed E-state index contributed by atoms with van der Waals surface area (Å²) in [6, 6.07) is 3.29. The molecule has 96 valence electrons. The third-order valence-corrected chi connectivity index (χ3v) is 3.41. The fourth-order valence-electron chi connectivity index (χ4n) is 1.76. The number of imidazole rings is 1. The van der Waals surface area contributed by atoms with Crippen molar-refractivity contribution in [1.82, 2.24) is 9.55 Å². The lowest BCUT2D eigenvalue weighted by molar-refractivity contribution is -0.118. The monoisotopic (exact) mass is 305 g/mol. The van der Waals surface area contributed by atoms with Gasteiger partial charge in [0.25, 0.3) is 0 Å². The van der Waals surface area contributed by atoms with Crippen molar-refractivity contribution in [2.24, 2.45) is 5.73 Å². The number of aromatic nitrogens is 2. The van der Waals surface area contributed by atoms with Gasteiger partial charge in [-0.05, 0) is 19.1 Å². The van der Waals surface area contributed by atoms with E-state index in [2.05, 4.69) is 4.98 Å². The summed E-state index contributed by atoms with van der Waals surface area (Å²) in [5.41, 5.74) is 6.54. The average Bonchev–Trinajstić information content (AvgIpc) is 2.57. The van der Waals surface area contributed by atoms with Gasteiger partial charge in [-0.25, -0.2) is 4.98 Å².